The molecule has 2 aliphatic heterocycles. The lowest BCUT2D eigenvalue weighted by atomic mass is 9.92. The fourth-order valence-electron chi connectivity index (χ4n) is 4.61. The van der Waals surface area contributed by atoms with Gasteiger partial charge in [0, 0.05) is 36.4 Å². The van der Waals surface area contributed by atoms with Crippen molar-refractivity contribution in [3.05, 3.63) is 60.4 Å². The van der Waals surface area contributed by atoms with Crippen molar-refractivity contribution in [1.82, 2.24) is 20.2 Å². The van der Waals surface area contributed by atoms with Crippen LogP contribution in [0.4, 0.5) is 0 Å². The predicted octanol–water partition coefficient (Wildman–Crippen LogP) is 3.37. The molecule has 5 heteroatoms. The van der Waals surface area contributed by atoms with E-state index in [9.17, 15) is 4.79 Å². The van der Waals surface area contributed by atoms with Gasteiger partial charge in [-0.3, -0.25) is 9.78 Å². The molecule has 4 heterocycles. The largest absolute Gasteiger partial charge is 0.339 e. The minimum absolute atomic E-state index is 0.127. The summed E-state index contributed by atoms with van der Waals surface area (Å²) in [5.74, 6) is 1.54. The van der Waals surface area contributed by atoms with Gasteiger partial charge in [0.2, 0.25) is 0 Å². The summed E-state index contributed by atoms with van der Waals surface area (Å²) in [4.78, 5) is 24.5. The number of carbonyl (C=O) groups excluding carboxylic acids is 1. The summed E-state index contributed by atoms with van der Waals surface area (Å²) < 4.78 is 0. The molecule has 0 radical (unpaired) electrons. The summed E-state index contributed by atoms with van der Waals surface area (Å²) in [6.45, 7) is 3.86. The van der Waals surface area contributed by atoms with Crippen LogP contribution in [0.25, 0.3) is 22.2 Å². The first kappa shape index (κ1) is 17.3. The molecule has 3 aromatic rings. The van der Waals surface area contributed by atoms with Crippen molar-refractivity contribution in [1.29, 1.82) is 0 Å². The first-order valence-corrected chi connectivity index (χ1v) is 10.1. The Hall–Kier alpha value is -2.79. The highest BCUT2D eigenvalue weighted by molar-refractivity contribution is 6.07. The van der Waals surface area contributed by atoms with Crippen LogP contribution in [0.1, 0.15) is 23.2 Å². The molecule has 0 spiro atoms. The average Bonchev–Trinajstić information content (AvgIpc) is 3.11. The van der Waals surface area contributed by atoms with Crippen molar-refractivity contribution >= 4 is 16.8 Å². The highest BCUT2D eigenvalue weighted by atomic mass is 16.2. The third-order valence-electron chi connectivity index (χ3n) is 6.23. The Morgan fingerprint density at radius 2 is 1.71 bits per heavy atom. The van der Waals surface area contributed by atoms with Crippen molar-refractivity contribution in [3.8, 4) is 11.3 Å². The van der Waals surface area contributed by atoms with Crippen LogP contribution in [0.3, 0.4) is 0 Å². The Bertz CT molecular complexity index is 990. The number of likely N-dealkylation sites (tertiary alicyclic amines) is 1. The van der Waals surface area contributed by atoms with E-state index in [-0.39, 0.29) is 5.91 Å². The zero-order valence-corrected chi connectivity index (χ0v) is 15.8. The van der Waals surface area contributed by atoms with Crippen molar-refractivity contribution < 1.29 is 4.79 Å². The maximum Gasteiger partial charge on any atom is 0.254 e. The summed E-state index contributed by atoms with van der Waals surface area (Å²) in [7, 11) is 0. The Kier molecular flexibility index (Phi) is 4.53. The van der Waals surface area contributed by atoms with Gasteiger partial charge in [-0.2, -0.15) is 0 Å². The molecule has 0 bridgehead atoms. The lowest BCUT2D eigenvalue weighted by Crippen LogP contribution is -2.33. The SMILES string of the molecule is O=C(c1cc(-c2ccncc2)nc2ccccc12)N1CC[C@@H]2CNC[C@@H]2CC1. The normalized spacial score (nSPS) is 22.1. The summed E-state index contributed by atoms with van der Waals surface area (Å²) in [6, 6.07) is 13.8. The van der Waals surface area contributed by atoms with Crippen LogP contribution in [0.15, 0.2) is 54.9 Å². The van der Waals surface area contributed by atoms with Gasteiger partial charge in [0.25, 0.3) is 5.91 Å². The molecule has 2 saturated heterocycles. The van der Waals surface area contributed by atoms with Crippen molar-refractivity contribution in [2.75, 3.05) is 26.2 Å². The van der Waals surface area contributed by atoms with Crippen molar-refractivity contribution in [2.45, 2.75) is 12.8 Å². The Morgan fingerprint density at radius 1 is 1.00 bits per heavy atom. The van der Waals surface area contributed by atoms with Crippen LogP contribution < -0.4 is 5.32 Å². The number of para-hydroxylation sites is 1. The number of aromatic nitrogens is 2. The topological polar surface area (TPSA) is 58.1 Å². The van der Waals surface area contributed by atoms with E-state index in [0.717, 1.165) is 66.7 Å². The van der Waals surface area contributed by atoms with E-state index in [1.165, 1.54) is 0 Å². The van der Waals surface area contributed by atoms with Gasteiger partial charge in [0.05, 0.1) is 16.8 Å². The highest BCUT2D eigenvalue weighted by Gasteiger charge is 2.32. The molecule has 0 saturated carbocycles. The monoisotopic (exact) mass is 372 g/mol. The molecule has 5 rings (SSSR count). The lowest BCUT2D eigenvalue weighted by molar-refractivity contribution is 0.0760. The van der Waals surface area contributed by atoms with Crippen LogP contribution >= 0.6 is 0 Å². The second-order valence-corrected chi connectivity index (χ2v) is 7.86. The molecule has 0 unspecified atom stereocenters. The molecule has 1 aromatic carbocycles. The third-order valence-corrected chi connectivity index (χ3v) is 6.23. The van der Waals surface area contributed by atoms with Crippen molar-refractivity contribution in [3.63, 3.8) is 0 Å². The standard InChI is InChI=1S/C23H24N4O/c28-23(27-11-7-17-14-25-15-18(17)8-12-27)20-13-22(16-5-9-24-10-6-16)26-21-4-2-1-3-19(20)21/h1-6,9-10,13,17-18,25H,7-8,11-12,14-15H2/t17-,18+. The van der Waals surface area contributed by atoms with Gasteiger partial charge in [0.15, 0.2) is 0 Å². The van der Waals surface area contributed by atoms with Gasteiger partial charge in [-0.1, -0.05) is 18.2 Å². The fraction of sp³-hybridized carbons (Fsp3) is 0.348. The van der Waals surface area contributed by atoms with Crippen LogP contribution in [0.2, 0.25) is 0 Å². The van der Waals surface area contributed by atoms with Gasteiger partial charge in [-0.25, -0.2) is 4.98 Å². The Morgan fingerprint density at radius 3 is 2.46 bits per heavy atom. The summed E-state index contributed by atoms with van der Waals surface area (Å²) in [5, 5.41) is 4.43. The number of rotatable bonds is 2. The lowest BCUT2D eigenvalue weighted by Gasteiger charge is -2.22. The smallest absolute Gasteiger partial charge is 0.254 e. The van der Waals surface area contributed by atoms with Gasteiger partial charge in [-0.05, 0) is 62.0 Å². The number of nitrogens with zero attached hydrogens (tertiary/aromatic N) is 3. The zero-order valence-electron chi connectivity index (χ0n) is 15.8. The first-order valence-electron chi connectivity index (χ1n) is 10.1. The second kappa shape index (κ2) is 7.32. The summed E-state index contributed by atoms with van der Waals surface area (Å²) >= 11 is 0. The molecular formula is C23H24N4O. The van der Waals surface area contributed by atoms with Crippen LogP contribution in [-0.4, -0.2) is 47.0 Å². The number of carbonyl (C=O) groups is 1. The van der Waals surface area contributed by atoms with Crippen molar-refractivity contribution in [2.24, 2.45) is 11.8 Å². The first-order chi connectivity index (χ1) is 13.8. The number of hydrogen-bond donors (Lipinski definition) is 1. The number of fused-ring (bicyclic) bond motifs is 2. The molecule has 1 N–H and O–H groups in total. The van der Waals surface area contributed by atoms with Gasteiger partial charge < -0.3 is 10.2 Å². The van der Waals surface area contributed by atoms with Crippen LogP contribution in [-0.2, 0) is 0 Å². The number of nitrogens with one attached hydrogen (secondary N) is 1. The van der Waals surface area contributed by atoms with E-state index in [2.05, 4.69) is 15.2 Å². The zero-order chi connectivity index (χ0) is 18.9. The molecule has 0 aliphatic carbocycles. The average molecular weight is 372 g/mol. The molecule has 1 amide bonds. The highest BCUT2D eigenvalue weighted by Crippen LogP contribution is 2.30. The van der Waals surface area contributed by atoms with E-state index in [4.69, 9.17) is 4.98 Å². The summed E-state index contributed by atoms with van der Waals surface area (Å²) in [6.07, 6.45) is 5.69. The van der Waals surface area contributed by atoms with Gasteiger partial charge >= 0.3 is 0 Å². The van der Waals surface area contributed by atoms with Gasteiger partial charge in [-0.15, -0.1) is 0 Å². The van der Waals surface area contributed by atoms with E-state index in [1.54, 1.807) is 12.4 Å². The number of pyridine rings is 2. The van der Waals surface area contributed by atoms with E-state index in [1.807, 2.05) is 42.5 Å². The number of benzene rings is 1. The Balaban J connectivity index is 1.53. The molecule has 5 nitrogen and oxygen atoms in total. The maximum absolute atomic E-state index is 13.5. The predicted molar refractivity (Wildman–Crippen MR) is 110 cm³/mol. The second-order valence-electron chi connectivity index (χ2n) is 7.86. The van der Waals surface area contributed by atoms with Crippen LogP contribution in [0.5, 0.6) is 0 Å². The molecule has 142 valence electrons. The fourth-order valence-corrected chi connectivity index (χ4v) is 4.61. The Labute approximate surface area is 164 Å². The molecule has 2 aromatic heterocycles. The third kappa shape index (κ3) is 3.16. The number of amides is 1. The van der Waals surface area contributed by atoms with Gasteiger partial charge in [0.1, 0.15) is 0 Å². The summed E-state index contributed by atoms with van der Waals surface area (Å²) in [5.41, 5.74) is 3.41. The minimum atomic E-state index is 0.127. The molecule has 2 aliphatic rings. The van der Waals surface area contributed by atoms with Crippen LogP contribution in [0, 0.1) is 11.8 Å². The maximum atomic E-state index is 13.5. The molecular weight excluding hydrogens is 348 g/mol. The molecule has 2 atom stereocenters. The van der Waals surface area contributed by atoms with E-state index in [0.29, 0.717) is 11.8 Å². The molecule has 2 fully saturated rings. The minimum Gasteiger partial charge on any atom is -0.339 e. The van der Waals surface area contributed by atoms with E-state index < -0.39 is 0 Å². The quantitative estimate of drug-likeness (QED) is 0.749. The molecule has 28 heavy (non-hydrogen) atoms. The van der Waals surface area contributed by atoms with E-state index >= 15 is 0 Å². The number of hydrogen-bond acceptors (Lipinski definition) is 4.